The first-order chi connectivity index (χ1) is 9.84. The van der Waals surface area contributed by atoms with Crippen LogP contribution in [0.4, 0.5) is 0 Å². The van der Waals surface area contributed by atoms with Gasteiger partial charge in [0.25, 0.3) is 0 Å². The van der Waals surface area contributed by atoms with Crippen molar-refractivity contribution in [2.75, 3.05) is 6.54 Å². The van der Waals surface area contributed by atoms with E-state index >= 15 is 0 Å². The molecule has 116 valence electrons. The van der Waals surface area contributed by atoms with E-state index in [2.05, 4.69) is 0 Å². The standard InChI is InChI=1S/C14H17Cl2NO3S/c1-14(13(19)20)6-3-7-17(14)11(18)5-2-4-9-8-10(15)21-12(9)16/h8H,2-7H2,1H3,(H,19,20). The molecule has 2 heterocycles. The second-order valence-corrected chi connectivity index (χ2v) is 7.72. The normalized spacial score (nSPS) is 21.8. The summed E-state index contributed by atoms with van der Waals surface area (Å²) < 4.78 is 1.29. The molecule has 0 aliphatic carbocycles. The van der Waals surface area contributed by atoms with Gasteiger partial charge in [-0.1, -0.05) is 23.2 Å². The summed E-state index contributed by atoms with van der Waals surface area (Å²) in [7, 11) is 0. The summed E-state index contributed by atoms with van der Waals surface area (Å²) in [5.41, 5.74) is -0.109. The number of aliphatic carboxylic acids is 1. The van der Waals surface area contributed by atoms with Crippen molar-refractivity contribution in [3.05, 3.63) is 20.3 Å². The van der Waals surface area contributed by atoms with Gasteiger partial charge in [-0.25, -0.2) is 4.79 Å². The van der Waals surface area contributed by atoms with Gasteiger partial charge in [-0.3, -0.25) is 4.79 Å². The predicted molar refractivity (Wildman–Crippen MR) is 84.3 cm³/mol. The van der Waals surface area contributed by atoms with Crippen LogP contribution in [0.15, 0.2) is 6.07 Å². The Morgan fingerprint density at radius 2 is 2.19 bits per heavy atom. The lowest BCUT2D eigenvalue weighted by Crippen LogP contribution is -2.50. The summed E-state index contributed by atoms with van der Waals surface area (Å²) in [5, 5.41) is 9.31. The largest absolute Gasteiger partial charge is 0.480 e. The SMILES string of the molecule is CC1(C(=O)O)CCCN1C(=O)CCCc1cc(Cl)sc1Cl. The van der Waals surface area contributed by atoms with Gasteiger partial charge in [0, 0.05) is 13.0 Å². The first-order valence-corrected chi connectivity index (χ1v) is 8.39. The summed E-state index contributed by atoms with van der Waals surface area (Å²) in [6.07, 6.45) is 2.89. The van der Waals surface area contributed by atoms with Gasteiger partial charge in [0.2, 0.25) is 5.91 Å². The summed E-state index contributed by atoms with van der Waals surface area (Å²) in [6, 6.07) is 1.82. The van der Waals surface area contributed by atoms with Gasteiger partial charge >= 0.3 is 5.97 Å². The van der Waals surface area contributed by atoms with Gasteiger partial charge in [0.1, 0.15) is 5.54 Å². The van der Waals surface area contributed by atoms with Gasteiger partial charge in [-0.15, -0.1) is 11.3 Å². The Kier molecular flexibility index (Phi) is 5.17. The Labute approximate surface area is 137 Å². The lowest BCUT2D eigenvalue weighted by atomic mass is 9.99. The van der Waals surface area contributed by atoms with E-state index in [0.29, 0.717) is 40.9 Å². The molecular weight excluding hydrogens is 333 g/mol. The van der Waals surface area contributed by atoms with Crippen molar-refractivity contribution in [1.82, 2.24) is 4.90 Å². The Hall–Kier alpha value is -0.780. The minimum absolute atomic E-state index is 0.102. The quantitative estimate of drug-likeness (QED) is 0.878. The number of carboxylic acid groups (broad SMARTS) is 1. The summed E-state index contributed by atoms with van der Waals surface area (Å²) >= 11 is 13.2. The number of rotatable bonds is 5. The highest BCUT2D eigenvalue weighted by atomic mass is 35.5. The fourth-order valence-corrected chi connectivity index (χ4v) is 4.24. The van der Waals surface area contributed by atoms with Gasteiger partial charge in [0.05, 0.1) is 8.67 Å². The molecule has 2 rings (SSSR count). The maximum atomic E-state index is 12.3. The highest BCUT2D eigenvalue weighted by Gasteiger charge is 2.45. The molecule has 0 aromatic carbocycles. The number of aryl methyl sites for hydroxylation is 1. The zero-order valence-corrected chi connectivity index (χ0v) is 14.0. The van der Waals surface area contributed by atoms with E-state index < -0.39 is 11.5 Å². The van der Waals surface area contributed by atoms with Gasteiger partial charge in [-0.2, -0.15) is 0 Å². The fraction of sp³-hybridized carbons (Fsp3) is 0.571. The van der Waals surface area contributed by atoms with Gasteiger partial charge < -0.3 is 10.0 Å². The third kappa shape index (κ3) is 3.52. The zero-order chi connectivity index (χ0) is 15.6. The number of thiophene rings is 1. The highest BCUT2D eigenvalue weighted by molar-refractivity contribution is 7.20. The molecule has 1 aromatic heterocycles. The summed E-state index contributed by atoms with van der Waals surface area (Å²) in [5.74, 6) is -1.03. The molecule has 1 amide bonds. The van der Waals surface area contributed by atoms with Crippen molar-refractivity contribution < 1.29 is 14.7 Å². The van der Waals surface area contributed by atoms with E-state index in [0.717, 1.165) is 12.0 Å². The Morgan fingerprint density at radius 3 is 2.76 bits per heavy atom. The van der Waals surface area contributed by atoms with Gasteiger partial charge in [-0.05, 0) is 44.2 Å². The molecule has 0 bridgehead atoms. The minimum Gasteiger partial charge on any atom is -0.480 e. The van der Waals surface area contributed by atoms with Crippen LogP contribution in [-0.2, 0) is 16.0 Å². The maximum absolute atomic E-state index is 12.3. The van der Waals surface area contributed by atoms with Crippen molar-refractivity contribution in [3.8, 4) is 0 Å². The van der Waals surface area contributed by atoms with Crippen molar-refractivity contribution >= 4 is 46.4 Å². The van der Waals surface area contributed by atoms with E-state index in [4.69, 9.17) is 23.2 Å². The topological polar surface area (TPSA) is 57.6 Å². The molecular formula is C14H17Cl2NO3S. The number of carbonyl (C=O) groups is 2. The van der Waals surface area contributed by atoms with E-state index in [1.807, 2.05) is 6.07 Å². The molecule has 1 aliphatic rings. The fourth-order valence-electron chi connectivity index (χ4n) is 2.70. The second kappa shape index (κ2) is 6.55. The molecule has 1 fully saturated rings. The molecule has 4 nitrogen and oxygen atoms in total. The smallest absolute Gasteiger partial charge is 0.329 e. The van der Waals surface area contributed by atoms with Crippen LogP contribution < -0.4 is 0 Å². The Balaban J connectivity index is 1.90. The Bertz CT molecular complexity index is 560. The second-order valence-electron chi connectivity index (χ2n) is 5.43. The van der Waals surface area contributed by atoms with E-state index in [9.17, 15) is 14.7 Å². The van der Waals surface area contributed by atoms with Crippen molar-refractivity contribution in [3.63, 3.8) is 0 Å². The lowest BCUT2D eigenvalue weighted by Gasteiger charge is -2.31. The summed E-state index contributed by atoms with van der Waals surface area (Å²) in [6.45, 7) is 2.14. The lowest BCUT2D eigenvalue weighted by molar-refractivity contribution is -0.155. The number of nitrogens with zero attached hydrogens (tertiary/aromatic N) is 1. The van der Waals surface area contributed by atoms with E-state index in [1.165, 1.54) is 16.2 Å². The van der Waals surface area contributed by atoms with Crippen LogP contribution in [0.3, 0.4) is 0 Å². The highest BCUT2D eigenvalue weighted by Crippen LogP contribution is 2.33. The first-order valence-electron chi connectivity index (χ1n) is 6.82. The molecule has 0 saturated carbocycles. The molecule has 1 saturated heterocycles. The van der Waals surface area contributed by atoms with Crippen LogP contribution in [0.5, 0.6) is 0 Å². The van der Waals surface area contributed by atoms with E-state index in [-0.39, 0.29) is 5.91 Å². The zero-order valence-electron chi connectivity index (χ0n) is 11.7. The van der Waals surface area contributed by atoms with Gasteiger partial charge in [0.15, 0.2) is 0 Å². The molecule has 1 aliphatic heterocycles. The number of carboxylic acids is 1. The van der Waals surface area contributed by atoms with Crippen molar-refractivity contribution in [2.24, 2.45) is 0 Å². The number of hydrogen-bond donors (Lipinski definition) is 1. The van der Waals surface area contributed by atoms with Crippen LogP contribution in [0.1, 0.15) is 38.2 Å². The number of carbonyl (C=O) groups excluding carboxylic acids is 1. The molecule has 0 spiro atoms. The molecule has 1 atom stereocenters. The Morgan fingerprint density at radius 1 is 1.48 bits per heavy atom. The summed E-state index contributed by atoms with van der Waals surface area (Å²) in [4.78, 5) is 25.1. The monoisotopic (exact) mass is 349 g/mol. The average molecular weight is 350 g/mol. The van der Waals surface area contributed by atoms with Crippen LogP contribution in [-0.4, -0.2) is 34.0 Å². The van der Waals surface area contributed by atoms with Crippen LogP contribution in [0.2, 0.25) is 8.67 Å². The number of hydrogen-bond acceptors (Lipinski definition) is 3. The third-order valence-electron chi connectivity index (χ3n) is 3.97. The van der Waals surface area contributed by atoms with E-state index in [1.54, 1.807) is 6.92 Å². The molecule has 1 unspecified atom stereocenters. The van der Waals surface area contributed by atoms with Crippen LogP contribution in [0.25, 0.3) is 0 Å². The van der Waals surface area contributed by atoms with Crippen LogP contribution in [0, 0.1) is 0 Å². The molecule has 21 heavy (non-hydrogen) atoms. The molecule has 7 heteroatoms. The molecule has 1 aromatic rings. The van der Waals surface area contributed by atoms with Crippen molar-refractivity contribution in [2.45, 2.75) is 44.6 Å². The molecule has 0 radical (unpaired) electrons. The van der Waals surface area contributed by atoms with Crippen LogP contribution >= 0.6 is 34.5 Å². The van der Waals surface area contributed by atoms with Crippen molar-refractivity contribution in [1.29, 1.82) is 0 Å². The third-order valence-corrected chi connectivity index (χ3v) is 5.54. The molecule has 1 N–H and O–H groups in total. The number of halogens is 2. The maximum Gasteiger partial charge on any atom is 0.329 e. The minimum atomic E-state index is -1.06. The first kappa shape index (κ1) is 16.6. The number of amides is 1. The number of likely N-dealkylation sites (tertiary alicyclic amines) is 1. The predicted octanol–water partition coefficient (Wildman–Crippen LogP) is 3.84. The average Bonchev–Trinajstić information content (AvgIpc) is 2.94.